The van der Waals surface area contributed by atoms with E-state index >= 15 is 0 Å². The molecule has 2 aliphatic heterocycles. The minimum Gasteiger partial charge on any atom is -0.493 e. The zero-order chi connectivity index (χ0) is 16.4. The summed E-state index contributed by atoms with van der Waals surface area (Å²) in [5, 5.41) is 0. The molecule has 2 heterocycles. The number of fused-ring (bicyclic) bond motifs is 1. The first-order valence-corrected chi connectivity index (χ1v) is 8.33. The number of carbonyl (C=O) groups excluding carboxylic acids is 1. The molecule has 0 bridgehead atoms. The number of rotatable bonds is 3. The Morgan fingerprint density at radius 3 is 2.26 bits per heavy atom. The molecule has 1 aromatic carbocycles. The standard InChI is InChI=1S/C18H26N2O3/c1-19-7-4-13(5-8-19)18(21)20-9-6-14-10-16(22-2)17(23-3)11-15(14)12-20/h10-11,13H,4-9,12H2,1-3H3. The Morgan fingerprint density at radius 2 is 1.65 bits per heavy atom. The van der Waals surface area contributed by atoms with E-state index in [1.165, 1.54) is 11.1 Å². The number of carbonyl (C=O) groups is 1. The fraction of sp³-hybridized carbons (Fsp3) is 0.611. The summed E-state index contributed by atoms with van der Waals surface area (Å²) < 4.78 is 10.8. The lowest BCUT2D eigenvalue weighted by atomic mass is 9.93. The van der Waals surface area contributed by atoms with Crippen molar-refractivity contribution in [2.24, 2.45) is 5.92 Å². The summed E-state index contributed by atoms with van der Waals surface area (Å²) in [6, 6.07) is 4.06. The van der Waals surface area contributed by atoms with Gasteiger partial charge in [0.1, 0.15) is 0 Å². The third-order valence-corrected chi connectivity index (χ3v) is 5.10. The number of amides is 1. The number of nitrogens with zero attached hydrogens (tertiary/aromatic N) is 2. The molecule has 2 aliphatic rings. The van der Waals surface area contributed by atoms with Crippen LogP contribution >= 0.6 is 0 Å². The average molecular weight is 318 g/mol. The van der Waals surface area contributed by atoms with Crippen LogP contribution in [-0.2, 0) is 17.8 Å². The van der Waals surface area contributed by atoms with Crippen molar-refractivity contribution >= 4 is 5.91 Å². The van der Waals surface area contributed by atoms with Gasteiger partial charge in [-0.25, -0.2) is 0 Å². The van der Waals surface area contributed by atoms with E-state index in [1.807, 2.05) is 17.0 Å². The molecule has 0 aromatic heterocycles. The normalized spacial score (nSPS) is 19.3. The molecule has 1 amide bonds. The minimum absolute atomic E-state index is 0.188. The first kappa shape index (κ1) is 16.1. The second-order valence-corrected chi connectivity index (χ2v) is 6.56. The third kappa shape index (κ3) is 3.29. The molecule has 0 spiro atoms. The monoisotopic (exact) mass is 318 g/mol. The molecule has 5 nitrogen and oxygen atoms in total. The van der Waals surface area contributed by atoms with E-state index in [2.05, 4.69) is 11.9 Å². The van der Waals surface area contributed by atoms with Crippen LogP contribution in [0.1, 0.15) is 24.0 Å². The number of benzene rings is 1. The zero-order valence-electron chi connectivity index (χ0n) is 14.3. The van der Waals surface area contributed by atoms with E-state index in [0.29, 0.717) is 12.5 Å². The fourth-order valence-corrected chi connectivity index (χ4v) is 3.59. The first-order chi connectivity index (χ1) is 11.1. The topological polar surface area (TPSA) is 42.0 Å². The number of hydrogen-bond acceptors (Lipinski definition) is 4. The maximum Gasteiger partial charge on any atom is 0.226 e. The van der Waals surface area contributed by atoms with Crippen LogP contribution in [0.4, 0.5) is 0 Å². The molecule has 1 fully saturated rings. The average Bonchev–Trinajstić information content (AvgIpc) is 2.60. The number of piperidine rings is 1. The van der Waals surface area contributed by atoms with Crippen LogP contribution < -0.4 is 9.47 Å². The summed E-state index contributed by atoms with van der Waals surface area (Å²) >= 11 is 0. The molecule has 0 radical (unpaired) electrons. The molecule has 0 saturated carbocycles. The van der Waals surface area contributed by atoms with Gasteiger partial charge in [0.15, 0.2) is 11.5 Å². The highest BCUT2D eigenvalue weighted by Gasteiger charge is 2.30. The molecule has 126 valence electrons. The van der Waals surface area contributed by atoms with Crippen molar-refractivity contribution in [1.29, 1.82) is 0 Å². The molecule has 0 atom stereocenters. The summed E-state index contributed by atoms with van der Waals surface area (Å²) in [5.74, 6) is 2.01. The minimum atomic E-state index is 0.188. The Morgan fingerprint density at radius 1 is 1.04 bits per heavy atom. The second kappa shape index (κ2) is 6.79. The molecule has 1 aromatic rings. The van der Waals surface area contributed by atoms with Crippen molar-refractivity contribution in [1.82, 2.24) is 9.80 Å². The van der Waals surface area contributed by atoms with E-state index in [-0.39, 0.29) is 5.92 Å². The highest BCUT2D eigenvalue weighted by molar-refractivity contribution is 5.79. The second-order valence-electron chi connectivity index (χ2n) is 6.56. The van der Waals surface area contributed by atoms with Crippen molar-refractivity contribution in [3.63, 3.8) is 0 Å². The molecule has 5 heteroatoms. The lowest BCUT2D eigenvalue weighted by molar-refractivity contribution is -0.137. The number of hydrogen-bond donors (Lipinski definition) is 0. The Bertz CT molecular complexity index is 580. The summed E-state index contributed by atoms with van der Waals surface area (Å²) in [6.07, 6.45) is 2.84. The molecular formula is C18H26N2O3. The van der Waals surface area contributed by atoms with Gasteiger partial charge in [-0.3, -0.25) is 4.79 Å². The van der Waals surface area contributed by atoms with Crippen molar-refractivity contribution in [3.8, 4) is 11.5 Å². The maximum atomic E-state index is 12.8. The maximum absolute atomic E-state index is 12.8. The third-order valence-electron chi connectivity index (χ3n) is 5.10. The Balaban J connectivity index is 1.73. The first-order valence-electron chi connectivity index (χ1n) is 8.33. The van der Waals surface area contributed by atoms with Crippen LogP contribution in [0.2, 0.25) is 0 Å². The van der Waals surface area contributed by atoms with Gasteiger partial charge in [-0.2, -0.15) is 0 Å². The Hall–Kier alpha value is -1.75. The van der Waals surface area contributed by atoms with Gasteiger partial charge < -0.3 is 19.3 Å². The van der Waals surface area contributed by atoms with Gasteiger partial charge in [0, 0.05) is 19.0 Å². The van der Waals surface area contributed by atoms with E-state index in [4.69, 9.17) is 9.47 Å². The summed E-state index contributed by atoms with van der Waals surface area (Å²) in [5.41, 5.74) is 2.44. The summed E-state index contributed by atoms with van der Waals surface area (Å²) in [4.78, 5) is 17.1. The van der Waals surface area contributed by atoms with Crippen molar-refractivity contribution < 1.29 is 14.3 Å². The number of likely N-dealkylation sites (tertiary alicyclic amines) is 1. The molecule has 0 unspecified atom stereocenters. The fourth-order valence-electron chi connectivity index (χ4n) is 3.59. The SMILES string of the molecule is COc1cc2c(cc1OC)CN(C(=O)C1CCN(C)CC1)CC2. The predicted molar refractivity (Wildman–Crippen MR) is 88.9 cm³/mol. The van der Waals surface area contributed by atoms with Crippen LogP contribution in [0.15, 0.2) is 12.1 Å². The van der Waals surface area contributed by atoms with Gasteiger partial charge in [-0.05, 0) is 62.7 Å². The highest BCUT2D eigenvalue weighted by Crippen LogP contribution is 2.34. The predicted octanol–water partition coefficient (Wildman–Crippen LogP) is 1.93. The van der Waals surface area contributed by atoms with Gasteiger partial charge >= 0.3 is 0 Å². The van der Waals surface area contributed by atoms with Gasteiger partial charge in [-0.1, -0.05) is 0 Å². The van der Waals surface area contributed by atoms with Gasteiger partial charge in [0.05, 0.1) is 14.2 Å². The molecular weight excluding hydrogens is 292 g/mol. The van der Waals surface area contributed by atoms with Crippen LogP contribution in [0, 0.1) is 5.92 Å². The van der Waals surface area contributed by atoms with Gasteiger partial charge in [0.2, 0.25) is 5.91 Å². The number of ether oxygens (including phenoxy) is 2. The van der Waals surface area contributed by atoms with Crippen LogP contribution in [0.3, 0.4) is 0 Å². The van der Waals surface area contributed by atoms with Crippen LogP contribution in [0.25, 0.3) is 0 Å². The number of methoxy groups -OCH3 is 2. The Labute approximate surface area is 138 Å². The van der Waals surface area contributed by atoms with Crippen LogP contribution in [0.5, 0.6) is 11.5 Å². The van der Waals surface area contributed by atoms with Crippen LogP contribution in [-0.4, -0.2) is 56.6 Å². The quantitative estimate of drug-likeness (QED) is 0.854. The highest BCUT2D eigenvalue weighted by atomic mass is 16.5. The van der Waals surface area contributed by atoms with Gasteiger partial charge in [0.25, 0.3) is 0 Å². The summed E-state index contributed by atoms with van der Waals surface area (Å²) in [7, 11) is 5.43. The van der Waals surface area contributed by atoms with E-state index in [9.17, 15) is 4.79 Å². The molecule has 0 aliphatic carbocycles. The molecule has 23 heavy (non-hydrogen) atoms. The van der Waals surface area contributed by atoms with E-state index in [1.54, 1.807) is 14.2 Å². The van der Waals surface area contributed by atoms with Crippen molar-refractivity contribution in [2.75, 3.05) is 40.9 Å². The largest absolute Gasteiger partial charge is 0.493 e. The van der Waals surface area contributed by atoms with E-state index in [0.717, 1.165) is 50.4 Å². The molecule has 3 rings (SSSR count). The molecule has 0 N–H and O–H groups in total. The Kier molecular flexibility index (Phi) is 4.76. The smallest absolute Gasteiger partial charge is 0.226 e. The molecule has 1 saturated heterocycles. The lowest BCUT2D eigenvalue weighted by Gasteiger charge is -2.35. The zero-order valence-corrected chi connectivity index (χ0v) is 14.3. The van der Waals surface area contributed by atoms with Gasteiger partial charge in [-0.15, -0.1) is 0 Å². The van der Waals surface area contributed by atoms with Crippen molar-refractivity contribution in [2.45, 2.75) is 25.8 Å². The van der Waals surface area contributed by atoms with Crippen molar-refractivity contribution in [3.05, 3.63) is 23.3 Å². The van der Waals surface area contributed by atoms with E-state index < -0.39 is 0 Å². The summed E-state index contributed by atoms with van der Waals surface area (Å²) in [6.45, 7) is 3.52. The lowest BCUT2D eigenvalue weighted by Crippen LogP contribution is -2.43.